The van der Waals surface area contributed by atoms with Gasteiger partial charge in [-0.3, -0.25) is 0 Å². The van der Waals surface area contributed by atoms with Crippen LogP contribution < -0.4 is 0 Å². The average Bonchev–Trinajstić information content (AvgIpc) is 2.61. The van der Waals surface area contributed by atoms with E-state index < -0.39 is 0 Å². The van der Waals surface area contributed by atoms with E-state index in [4.69, 9.17) is 5.26 Å². The highest BCUT2D eigenvalue weighted by Crippen LogP contribution is 2.22. The van der Waals surface area contributed by atoms with Crippen molar-refractivity contribution in [3.05, 3.63) is 94.5 Å². The normalized spacial score (nSPS) is 9.71. The lowest BCUT2D eigenvalue weighted by molar-refractivity contribution is 1.39. The van der Waals surface area contributed by atoms with Gasteiger partial charge in [-0.15, -0.1) is 0 Å². The molecule has 0 aliphatic rings. The molecule has 0 saturated heterocycles. The first-order chi connectivity index (χ1) is 11.7. The van der Waals surface area contributed by atoms with Gasteiger partial charge in [0.2, 0.25) is 0 Å². The summed E-state index contributed by atoms with van der Waals surface area (Å²) in [6.07, 6.45) is 0. The Hall–Kier alpha value is -3.29. The number of hydrogen-bond acceptors (Lipinski definition) is 1. The van der Waals surface area contributed by atoms with E-state index in [0.717, 1.165) is 33.4 Å². The van der Waals surface area contributed by atoms with Gasteiger partial charge in [-0.2, -0.15) is 5.26 Å². The molecular formula is C23H17N. The van der Waals surface area contributed by atoms with Crippen LogP contribution in [0.2, 0.25) is 0 Å². The standard InChI is InChI=1S/C23H17N/c1-17-3-5-19(6-4-17)7-8-20-9-11-21(12-10-20)22-13-14-23(16-24)18(2)15-22/h3-6,9-15H,1-2H3. The van der Waals surface area contributed by atoms with Gasteiger partial charge in [0.1, 0.15) is 0 Å². The minimum absolute atomic E-state index is 0.722. The van der Waals surface area contributed by atoms with E-state index in [0.29, 0.717) is 0 Å². The van der Waals surface area contributed by atoms with E-state index >= 15 is 0 Å². The largest absolute Gasteiger partial charge is 0.192 e. The van der Waals surface area contributed by atoms with E-state index in [9.17, 15) is 0 Å². The fourth-order valence-electron chi connectivity index (χ4n) is 2.50. The van der Waals surface area contributed by atoms with Crippen LogP contribution in [-0.2, 0) is 0 Å². The second kappa shape index (κ2) is 6.86. The van der Waals surface area contributed by atoms with Crippen molar-refractivity contribution in [1.82, 2.24) is 0 Å². The van der Waals surface area contributed by atoms with Gasteiger partial charge in [0.05, 0.1) is 11.6 Å². The maximum atomic E-state index is 9.02. The molecule has 24 heavy (non-hydrogen) atoms. The summed E-state index contributed by atoms with van der Waals surface area (Å²) in [5.74, 6) is 6.38. The van der Waals surface area contributed by atoms with Crippen molar-refractivity contribution in [2.45, 2.75) is 13.8 Å². The predicted molar refractivity (Wildman–Crippen MR) is 98.5 cm³/mol. The van der Waals surface area contributed by atoms with Gasteiger partial charge in [0.25, 0.3) is 0 Å². The van der Waals surface area contributed by atoms with Crippen molar-refractivity contribution in [3.63, 3.8) is 0 Å². The van der Waals surface area contributed by atoms with Gasteiger partial charge in [0, 0.05) is 11.1 Å². The van der Waals surface area contributed by atoms with Crippen LogP contribution in [0, 0.1) is 37.0 Å². The highest BCUT2D eigenvalue weighted by Gasteiger charge is 2.01. The molecule has 3 rings (SSSR count). The SMILES string of the molecule is Cc1ccc(C#Cc2ccc(-c3ccc(C#N)c(C)c3)cc2)cc1. The molecule has 0 aliphatic heterocycles. The Balaban J connectivity index is 1.82. The number of benzene rings is 3. The summed E-state index contributed by atoms with van der Waals surface area (Å²) in [7, 11) is 0. The van der Waals surface area contributed by atoms with Gasteiger partial charge in [-0.1, -0.05) is 53.8 Å². The lowest BCUT2D eigenvalue weighted by Gasteiger charge is -2.04. The summed E-state index contributed by atoms with van der Waals surface area (Å²) in [6, 6.07) is 24.5. The van der Waals surface area contributed by atoms with E-state index in [1.165, 1.54) is 5.56 Å². The molecule has 0 aromatic heterocycles. The highest BCUT2D eigenvalue weighted by atomic mass is 14.2. The maximum Gasteiger partial charge on any atom is 0.0994 e. The molecule has 0 amide bonds. The van der Waals surface area contributed by atoms with Crippen molar-refractivity contribution in [2.24, 2.45) is 0 Å². The number of hydrogen-bond donors (Lipinski definition) is 0. The summed E-state index contributed by atoms with van der Waals surface area (Å²) in [4.78, 5) is 0. The Morgan fingerprint density at radius 2 is 1.21 bits per heavy atom. The van der Waals surface area contributed by atoms with Crippen LogP contribution in [0.1, 0.15) is 27.8 Å². The fourth-order valence-corrected chi connectivity index (χ4v) is 2.50. The van der Waals surface area contributed by atoms with Crippen LogP contribution in [0.5, 0.6) is 0 Å². The van der Waals surface area contributed by atoms with Crippen molar-refractivity contribution in [1.29, 1.82) is 5.26 Å². The zero-order valence-electron chi connectivity index (χ0n) is 13.8. The summed E-state index contributed by atoms with van der Waals surface area (Å²) in [6.45, 7) is 4.03. The molecule has 0 N–H and O–H groups in total. The van der Waals surface area contributed by atoms with E-state index in [2.05, 4.69) is 49.1 Å². The Labute approximate surface area is 143 Å². The van der Waals surface area contributed by atoms with Crippen molar-refractivity contribution >= 4 is 0 Å². The zero-order valence-corrected chi connectivity index (χ0v) is 13.8. The minimum Gasteiger partial charge on any atom is -0.192 e. The number of nitriles is 1. The maximum absolute atomic E-state index is 9.02. The van der Waals surface area contributed by atoms with Crippen LogP contribution in [0.25, 0.3) is 11.1 Å². The van der Waals surface area contributed by atoms with E-state index in [1.54, 1.807) is 0 Å². The van der Waals surface area contributed by atoms with Crippen molar-refractivity contribution in [2.75, 3.05) is 0 Å². The van der Waals surface area contributed by atoms with Gasteiger partial charge in [0.15, 0.2) is 0 Å². The first kappa shape index (κ1) is 15.6. The lowest BCUT2D eigenvalue weighted by atomic mass is 9.99. The fraction of sp³-hybridized carbons (Fsp3) is 0.0870. The molecule has 0 heterocycles. The third kappa shape index (κ3) is 3.54. The number of aryl methyl sites for hydroxylation is 2. The smallest absolute Gasteiger partial charge is 0.0994 e. The first-order valence-electron chi connectivity index (χ1n) is 7.85. The second-order valence-electron chi connectivity index (χ2n) is 5.83. The van der Waals surface area contributed by atoms with Gasteiger partial charge < -0.3 is 0 Å². The molecular weight excluding hydrogens is 290 g/mol. The van der Waals surface area contributed by atoms with Crippen molar-refractivity contribution < 1.29 is 0 Å². The quantitative estimate of drug-likeness (QED) is 0.564. The summed E-state index contributed by atoms with van der Waals surface area (Å²) < 4.78 is 0. The molecule has 0 spiro atoms. The minimum atomic E-state index is 0.722. The van der Waals surface area contributed by atoms with Gasteiger partial charge >= 0.3 is 0 Å². The Kier molecular flexibility index (Phi) is 4.46. The zero-order chi connectivity index (χ0) is 16.9. The molecule has 1 nitrogen and oxygen atoms in total. The molecule has 0 saturated carbocycles. The molecule has 0 aliphatic carbocycles. The molecule has 0 bridgehead atoms. The summed E-state index contributed by atoms with van der Waals surface area (Å²) >= 11 is 0. The number of nitrogens with zero attached hydrogens (tertiary/aromatic N) is 1. The third-order valence-corrected chi connectivity index (χ3v) is 3.97. The summed E-state index contributed by atoms with van der Waals surface area (Å²) in [5.41, 5.74) is 7.21. The average molecular weight is 307 g/mol. The monoisotopic (exact) mass is 307 g/mol. The molecule has 0 unspecified atom stereocenters. The first-order valence-corrected chi connectivity index (χ1v) is 7.85. The van der Waals surface area contributed by atoms with E-state index in [1.807, 2.05) is 49.4 Å². The van der Waals surface area contributed by atoms with Crippen LogP contribution in [0.3, 0.4) is 0 Å². The molecule has 114 valence electrons. The second-order valence-corrected chi connectivity index (χ2v) is 5.83. The summed E-state index contributed by atoms with van der Waals surface area (Å²) in [5, 5.41) is 9.02. The topological polar surface area (TPSA) is 23.8 Å². The number of rotatable bonds is 1. The van der Waals surface area contributed by atoms with Crippen LogP contribution in [-0.4, -0.2) is 0 Å². The lowest BCUT2D eigenvalue weighted by Crippen LogP contribution is -1.85. The molecule has 0 atom stereocenters. The molecule has 0 radical (unpaired) electrons. The van der Waals surface area contributed by atoms with Gasteiger partial charge in [-0.05, 0) is 60.9 Å². The predicted octanol–water partition coefficient (Wildman–Crippen LogP) is 5.24. The van der Waals surface area contributed by atoms with Crippen LogP contribution in [0.4, 0.5) is 0 Å². The highest BCUT2D eigenvalue weighted by molar-refractivity contribution is 5.66. The van der Waals surface area contributed by atoms with Crippen LogP contribution in [0.15, 0.2) is 66.7 Å². The molecule has 0 fully saturated rings. The van der Waals surface area contributed by atoms with Crippen LogP contribution >= 0.6 is 0 Å². The molecule has 1 heteroatoms. The van der Waals surface area contributed by atoms with Crippen molar-refractivity contribution in [3.8, 4) is 29.0 Å². The Morgan fingerprint density at radius 1 is 0.667 bits per heavy atom. The molecule has 3 aromatic carbocycles. The third-order valence-electron chi connectivity index (χ3n) is 3.97. The van der Waals surface area contributed by atoms with E-state index in [-0.39, 0.29) is 0 Å². The molecule has 3 aromatic rings. The van der Waals surface area contributed by atoms with Gasteiger partial charge in [-0.25, -0.2) is 0 Å². The Morgan fingerprint density at radius 3 is 1.75 bits per heavy atom. The Bertz CT molecular complexity index is 960.